The van der Waals surface area contributed by atoms with E-state index in [0.29, 0.717) is 5.94 Å². The molecule has 0 aliphatic rings. The zero-order valence-corrected chi connectivity index (χ0v) is 3.12. The molecule has 1 nitrogen and oxygen atoms in total. The molecule has 40 valence electrons. The molecule has 7 heavy (non-hydrogen) atoms. The van der Waals surface area contributed by atoms with Crippen LogP contribution in [0.25, 0.3) is 0 Å². The lowest BCUT2D eigenvalue weighted by molar-refractivity contribution is -0.0787. The normalized spacial score (nSPS) is 10.1. The van der Waals surface area contributed by atoms with Gasteiger partial charge in [0.05, 0.1) is 0 Å². The quantitative estimate of drug-likeness (QED) is 0.424. The zero-order chi connectivity index (χ0) is 5.91. The van der Waals surface area contributed by atoms with Gasteiger partial charge in [0.15, 0.2) is 0 Å². The fraction of sp³-hybridized carbons (Fsp3) is 0.333. The van der Waals surface area contributed by atoms with E-state index in [9.17, 15) is 13.2 Å². The number of hydrogen-bond acceptors (Lipinski definition) is 1. The van der Waals surface area contributed by atoms with Gasteiger partial charge in [0, 0.05) is 0 Å². The van der Waals surface area contributed by atoms with Crippen LogP contribution in [0.5, 0.6) is 0 Å². The van der Waals surface area contributed by atoms with E-state index in [1.165, 1.54) is 0 Å². The van der Waals surface area contributed by atoms with Crippen LogP contribution in [0.3, 0.4) is 0 Å². The molecular weight excluding hydrogens is 109 g/mol. The average molecular weight is 110 g/mol. The van der Waals surface area contributed by atoms with E-state index in [1.54, 1.807) is 0 Å². The van der Waals surface area contributed by atoms with Gasteiger partial charge in [0.2, 0.25) is 0 Å². The van der Waals surface area contributed by atoms with Crippen molar-refractivity contribution in [2.75, 3.05) is 0 Å². The van der Waals surface area contributed by atoms with Crippen LogP contribution in [0.4, 0.5) is 13.2 Å². The molecule has 0 aromatic rings. The minimum absolute atomic E-state index is 0.493. The van der Waals surface area contributed by atoms with Crippen molar-refractivity contribution in [2.45, 2.75) is 6.18 Å². The van der Waals surface area contributed by atoms with Gasteiger partial charge in [-0.3, -0.25) is 0 Å². The summed E-state index contributed by atoms with van der Waals surface area (Å²) in [5.41, 5.74) is 0. The van der Waals surface area contributed by atoms with Gasteiger partial charge in [-0.25, -0.2) is 4.79 Å². The second-order valence-corrected chi connectivity index (χ2v) is 0.804. The average Bonchev–Trinajstić information content (AvgIpc) is 1.30. The SMILES string of the molecule is O=C=CC(F)(F)F. The van der Waals surface area contributed by atoms with Gasteiger partial charge < -0.3 is 0 Å². The third-order valence-electron chi connectivity index (χ3n) is 0.223. The highest BCUT2D eigenvalue weighted by Gasteiger charge is 2.22. The topological polar surface area (TPSA) is 17.1 Å². The Labute approximate surface area is 37.4 Å². The van der Waals surface area contributed by atoms with E-state index < -0.39 is 12.3 Å². The fourth-order valence-corrected chi connectivity index (χ4v) is 0.0668. The maximum atomic E-state index is 10.7. The summed E-state index contributed by atoms with van der Waals surface area (Å²) >= 11 is 0. The maximum absolute atomic E-state index is 10.7. The molecule has 0 atom stereocenters. The molecule has 0 spiro atoms. The van der Waals surface area contributed by atoms with Crippen LogP contribution >= 0.6 is 0 Å². The molecule has 0 fully saturated rings. The molecule has 0 amide bonds. The molecule has 4 heteroatoms. The fourth-order valence-electron chi connectivity index (χ4n) is 0.0668. The lowest BCUT2D eigenvalue weighted by Gasteiger charge is -1.90. The highest BCUT2D eigenvalue weighted by molar-refractivity contribution is 5.46. The summed E-state index contributed by atoms with van der Waals surface area (Å²) in [6.07, 6.45) is -4.99. The molecule has 0 aliphatic heterocycles. The predicted molar refractivity (Wildman–Crippen MR) is 16.3 cm³/mol. The van der Waals surface area contributed by atoms with Crippen LogP contribution in [0.15, 0.2) is 6.08 Å². The molecule has 0 unspecified atom stereocenters. The number of alkyl halides is 3. The van der Waals surface area contributed by atoms with Gasteiger partial charge in [-0.1, -0.05) is 0 Å². The summed E-state index contributed by atoms with van der Waals surface area (Å²) in [6.45, 7) is 0. The van der Waals surface area contributed by atoms with Gasteiger partial charge in [0.1, 0.15) is 12.0 Å². The summed E-state index contributed by atoms with van der Waals surface area (Å²) in [5.74, 6) is 0.608. The third kappa shape index (κ3) is 5.24. The van der Waals surface area contributed by atoms with Crippen molar-refractivity contribution in [3.05, 3.63) is 6.08 Å². The van der Waals surface area contributed by atoms with Crippen molar-refractivity contribution in [2.24, 2.45) is 0 Å². The van der Waals surface area contributed by atoms with E-state index in [0.717, 1.165) is 0 Å². The van der Waals surface area contributed by atoms with Crippen molar-refractivity contribution < 1.29 is 18.0 Å². The van der Waals surface area contributed by atoms with E-state index >= 15 is 0 Å². The first kappa shape index (κ1) is 6.24. The Kier molecular flexibility index (Phi) is 1.60. The first-order chi connectivity index (χ1) is 3.06. The Balaban J connectivity index is 3.80. The van der Waals surface area contributed by atoms with E-state index in [1.807, 2.05) is 0 Å². The lowest BCUT2D eigenvalue weighted by Crippen LogP contribution is -2.00. The van der Waals surface area contributed by atoms with Gasteiger partial charge >= 0.3 is 6.18 Å². The van der Waals surface area contributed by atoms with Crippen LogP contribution in [0.1, 0.15) is 0 Å². The van der Waals surface area contributed by atoms with Crippen molar-refractivity contribution in [3.63, 3.8) is 0 Å². The van der Waals surface area contributed by atoms with Gasteiger partial charge in [-0.15, -0.1) is 0 Å². The highest BCUT2D eigenvalue weighted by Crippen LogP contribution is 2.13. The van der Waals surface area contributed by atoms with Gasteiger partial charge in [-0.2, -0.15) is 13.2 Å². The van der Waals surface area contributed by atoms with Crippen molar-refractivity contribution >= 4 is 5.94 Å². The highest BCUT2D eigenvalue weighted by atomic mass is 19.4. The minimum Gasteiger partial charge on any atom is -0.234 e. The Morgan fingerprint density at radius 1 is 1.43 bits per heavy atom. The number of rotatable bonds is 0. The summed E-state index contributed by atoms with van der Waals surface area (Å²) in [6, 6.07) is 0. The van der Waals surface area contributed by atoms with Crippen LogP contribution in [0, 0.1) is 0 Å². The summed E-state index contributed by atoms with van der Waals surface area (Å²) < 4.78 is 32.2. The minimum atomic E-state index is -4.50. The molecule has 0 rings (SSSR count). The molecular formula is C3HF3O. The molecule has 0 aliphatic carbocycles. The molecule has 0 bridgehead atoms. The van der Waals surface area contributed by atoms with Crippen LogP contribution < -0.4 is 0 Å². The predicted octanol–water partition coefficient (Wildman–Crippen LogP) is 0.936. The van der Waals surface area contributed by atoms with E-state index in [4.69, 9.17) is 4.79 Å². The molecule has 0 aromatic heterocycles. The molecule has 0 radical (unpaired) electrons. The largest absolute Gasteiger partial charge is 0.420 e. The summed E-state index contributed by atoms with van der Waals surface area (Å²) in [7, 11) is 0. The van der Waals surface area contributed by atoms with Crippen molar-refractivity contribution in [3.8, 4) is 0 Å². The second-order valence-electron chi connectivity index (χ2n) is 0.804. The van der Waals surface area contributed by atoms with Crippen LogP contribution in [-0.4, -0.2) is 12.1 Å². The first-order valence-electron chi connectivity index (χ1n) is 1.35. The number of allylic oxidation sites excluding steroid dienone is 1. The number of carbonyl (C=O) groups excluding carboxylic acids is 1. The molecule has 0 saturated heterocycles. The Bertz CT molecular complexity index is 97.2. The first-order valence-corrected chi connectivity index (χ1v) is 1.35. The number of halogens is 3. The zero-order valence-electron chi connectivity index (χ0n) is 3.12. The summed E-state index contributed by atoms with van der Waals surface area (Å²) in [4.78, 5) is 8.92. The van der Waals surface area contributed by atoms with Crippen molar-refractivity contribution in [1.82, 2.24) is 0 Å². The number of hydrogen-bond donors (Lipinski definition) is 0. The van der Waals surface area contributed by atoms with Crippen LogP contribution in [-0.2, 0) is 4.79 Å². The summed E-state index contributed by atoms with van der Waals surface area (Å²) in [5, 5.41) is 0. The third-order valence-corrected chi connectivity index (χ3v) is 0.223. The van der Waals surface area contributed by atoms with Gasteiger partial charge in [0.25, 0.3) is 0 Å². The lowest BCUT2D eigenvalue weighted by atomic mass is 10.6. The smallest absolute Gasteiger partial charge is 0.234 e. The van der Waals surface area contributed by atoms with E-state index in [-0.39, 0.29) is 0 Å². The Morgan fingerprint density at radius 3 is 1.86 bits per heavy atom. The Morgan fingerprint density at radius 2 is 1.86 bits per heavy atom. The standard InChI is InChI=1S/C3HF3O/c4-3(5,6)1-2-7/h1H. The molecule has 0 saturated carbocycles. The second kappa shape index (κ2) is 1.80. The molecule has 0 aromatic carbocycles. The van der Waals surface area contributed by atoms with E-state index in [2.05, 4.69) is 0 Å². The van der Waals surface area contributed by atoms with Gasteiger partial charge in [-0.05, 0) is 0 Å². The molecule has 0 heterocycles. The maximum Gasteiger partial charge on any atom is 0.420 e. The molecule has 0 N–H and O–H groups in total. The Hall–Kier alpha value is -0.760. The monoisotopic (exact) mass is 110 g/mol. The van der Waals surface area contributed by atoms with Crippen LogP contribution in [0.2, 0.25) is 0 Å². The van der Waals surface area contributed by atoms with Crippen molar-refractivity contribution in [1.29, 1.82) is 0 Å².